The molecular weight excluding hydrogens is 536 g/mol. The molecular formula is C29H36N2O10. The fraction of sp³-hybridized carbons (Fsp3) is 0.414. The minimum Gasteiger partial charge on any atom is -0.475 e. The molecule has 0 bridgehead atoms. The molecule has 0 aliphatic rings. The molecule has 2 aromatic rings. The Morgan fingerprint density at radius 3 is 1.32 bits per heavy atom. The van der Waals surface area contributed by atoms with Crippen LogP contribution < -0.4 is 10.6 Å². The summed E-state index contributed by atoms with van der Waals surface area (Å²) in [4.78, 5) is 62.6. The smallest absolute Gasteiger partial charge is 0.408 e. The van der Waals surface area contributed by atoms with Crippen molar-refractivity contribution in [3.8, 4) is 0 Å². The number of carbonyl (C=O) groups is 5. The van der Waals surface area contributed by atoms with Crippen molar-refractivity contribution < 1.29 is 48.0 Å². The molecule has 0 saturated heterocycles. The number of carboxylic acid groups (broad SMARTS) is 1. The number of carboxylic acids is 1. The SMILES string of the molecule is CC(C)[C@H](NC(=O)OCc1ccccc1)C(=O)OC(C)(OC(=O)[C@@H](NC(=O)OCc1ccccc1)C(C)C)C(=O)O. The molecule has 0 heterocycles. The van der Waals surface area contributed by atoms with Gasteiger partial charge in [-0.3, -0.25) is 0 Å². The van der Waals surface area contributed by atoms with E-state index >= 15 is 0 Å². The molecule has 3 N–H and O–H groups in total. The van der Waals surface area contributed by atoms with Crippen molar-refractivity contribution in [3.63, 3.8) is 0 Å². The highest BCUT2D eigenvalue weighted by Gasteiger charge is 2.46. The molecule has 0 aromatic heterocycles. The zero-order valence-corrected chi connectivity index (χ0v) is 23.6. The molecule has 0 aliphatic heterocycles. The number of ether oxygens (including phenoxy) is 4. The third-order valence-electron chi connectivity index (χ3n) is 5.79. The topological polar surface area (TPSA) is 167 Å². The Labute approximate surface area is 238 Å². The first-order valence-corrected chi connectivity index (χ1v) is 13.0. The summed E-state index contributed by atoms with van der Waals surface area (Å²) in [5, 5.41) is 14.5. The molecule has 41 heavy (non-hydrogen) atoms. The van der Waals surface area contributed by atoms with Crippen LogP contribution in [0.25, 0.3) is 0 Å². The summed E-state index contributed by atoms with van der Waals surface area (Å²) in [5.74, 6) is -8.02. The van der Waals surface area contributed by atoms with Crippen molar-refractivity contribution in [2.24, 2.45) is 11.8 Å². The van der Waals surface area contributed by atoms with Gasteiger partial charge in [0.05, 0.1) is 0 Å². The first-order valence-electron chi connectivity index (χ1n) is 13.0. The molecule has 2 aromatic carbocycles. The van der Waals surface area contributed by atoms with Crippen LogP contribution in [0.3, 0.4) is 0 Å². The molecule has 12 nitrogen and oxygen atoms in total. The van der Waals surface area contributed by atoms with E-state index in [4.69, 9.17) is 18.9 Å². The van der Waals surface area contributed by atoms with Crippen LogP contribution in [0.5, 0.6) is 0 Å². The summed E-state index contributed by atoms with van der Waals surface area (Å²) in [7, 11) is 0. The van der Waals surface area contributed by atoms with Crippen LogP contribution in [0, 0.1) is 11.8 Å². The van der Waals surface area contributed by atoms with Gasteiger partial charge < -0.3 is 34.7 Å². The lowest BCUT2D eigenvalue weighted by Crippen LogP contribution is -2.54. The van der Waals surface area contributed by atoms with E-state index in [1.807, 2.05) is 0 Å². The normalized spacial score (nSPS) is 12.6. The van der Waals surface area contributed by atoms with Crippen molar-refractivity contribution in [1.82, 2.24) is 10.6 Å². The Balaban J connectivity index is 2.04. The maximum atomic E-state index is 13.0. The van der Waals surface area contributed by atoms with Gasteiger partial charge in [-0.05, 0) is 23.0 Å². The average Bonchev–Trinajstić information content (AvgIpc) is 2.92. The summed E-state index contributed by atoms with van der Waals surface area (Å²) in [6.07, 6.45) is -1.87. The summed E-state index contributed by atoms with van der Waals surface area (Å²) in [5.41, 5.74) is 1.43. The van der Waals surface area contributed by atoms with Gasteiger partial charge in [0, 0.05) is 6.92 Å². The minimum absolute atomic E-state index is 0.0611. The minimum atomic E-state index is -2.78. The lowest BCUT2D eigenvalue weighted by molar-refractivity contribution is -0.234. The maximum absolute atomic E-state index is 13.0. The predicted octanol–water partition coefficient (Wildman–Crippen LogP) is 3.78. The van der Waals surface area contributed by atoms with Crippen molar-refractivity contribution in [2.45, 2.75) is 65.7 Å². The standard InChI is InChI=1S/C29H36N2O10/c1-18(2)22(30-27(36)38-16-20-12-8-6-9-13-20)24(32)40-29(5,26(34)35)41-25(33)23(19(3)4)31-28(37)39-17-21-14-10-7-11-15-21/h6-15,18-19,22-23H,16-17H2,1-5H3,(H,30,36)(H,31,37)(H,34,35)/t22-,23-/m0/s1. The highest BCUT2D eigenvalue weighted by molar-refractivity contribution is 5.88. The van der Waals surface area contributed by atoms with E-state index < -0.39 is 59.8 Å². The molecule has 2 amide bonds. The third-order valence-corrected chi connectivity index (χ3v) is 5.79. The molecule has 0 fully saturated rings. The van der Waals surface area contributed by atoms with Crippen LogP contribution in [0.4, 0.5) is 9.59 Å². The Morgan fingerprint density at radius 2 is 1.02 bits per heavy atom. The van der Waals surface area contributed by atoms with Crippen molar-refractivity contribution >= 4 is 30.1 Å². The third kappa shape index (κ3) is 10.5. The number of benzene rings is 2. The molecule has 0 unspecified atom stereocenters. The fourth-order valence-corrected chi connectivity index (χ4v) is 3.40. The fourth-order valence-electron chi connectivity index (χ4n) is 3.40. The zero-order valence-electron chi connectivity index (χ0n) is 23.6. The second kappa shape index (κ2) is 15.2. The average molecular weight is 573 g/mol. The molecule has 2 atom stereocenters. The van der Waals surface area contributed by atoms with E-state index in [1.165, 1.54) is 0 Å². The van der Waals surface area contributed by atoms with Gasteiger partial charge in [0.15, 0.2) is 0 Å². The summed E-state index contributed by atoms with van der Waals surface area (Å²) in [6.45, 7) is 7.10. The number of amides is 2. The number of rotatable bonds is 13. The van der Waals surface area contributed by atoms with Gasteiger partial charge in [0.2, 0.25) is 0 Å². The number of hydrogen-bond acceptors (Lipinski definition) is 9. The summed E-state index contributed by atoms with van der Waals surface area (Å²) < 4.78 is 20.5. The number of hydrogen-bond donors (Lipinski definition) is 3. The van der Waals surface area contributed by atoms with Crippen molar-refractivity contribution in [3.05, 3.63) is 71.8 Å². The monoisotopic (exact) mass is 572 g/mol. The van der Waals surface area contributed by atoms with Crippen LogP contribution in [0.15, 0.2) is 60.7 Å². The van der Waals surface area contributed by atoms with E-state index in [2.05, 4.69) is 10.6 Å². The predicted molar refractivity (Wildman–Crippen MR) is 145 cm³/mol. The molecule has 0 spiro atoms. The molecule has 0 radical (unpaired) electrons. The molecule has 222 valence electrons. The largest absolute Gasteiger partial charge is 0.475 e. The number of carbonyl (C=O) groups excluding carboxylic acids is 4. The lowest BCUT2D eigenvalue weighted by Gasteiger charge is -2.30. The van der Waals surface area contributed by atoms with E-state index in [0.29, 0.717) is 11.1 Å². The van der Waals surface area contributed by atoms with Crippen LogP contribution in [0.1, 0.15) is 45.7 Å². The van der Waals surface area contributed by atoms with Crippen LogP contribution >= 0.6 is 0 Å². The second-order valence-corrected chi connectivity index (χ2v) is 9.95. The Hall–Kier alpha value is -4.61. The van der Waals surface area contributed by atoms with E-state index in [-0.39, 0.29) is 13.2 Å². The lowest BCUT2D eigenvalue weighted by atomic mass is 10.0. The Morgan fingerprint density at radius 1 is 0.683 bits per heavy atom. The molecule has 0 aliphatic carbocycles. The first-order chi connectivity index (χ1) is 19.3. The van der Waals surface area contributed by atoms with Crippen LogP contribution in [-0.2, 0) is 46.5 Å². The molecule has 0 saturated carbocycles. The van der Waals surface area contributed by atoms with Crippen LogP contribution in [0.2, 0.25) is 0 Å². The van der Waals surface area contributed by atoms with Gasteiger partial charge in [0.25, 0.3) is 0 Å². The highest BCUT2D eigenvalue weighted by Crippen LogP contribution is 2.19. The Kier molecular flexibility index (Phi) is 12.1. The van der Waals surface area contributed by atoms with Gasteiger partial charge in [0.1, 0.15) is 25.3 Å². The summed E-state index contributed by atoms with van der Waals surface area (Å²) >= 11 is 0. The van der Waals surface area contributed by atoms with Gasteiger partial charge in [-0.1, -0.05) is 88.4 Å². The molecule has 2 rings (SSSR count). The van der Waals surface area contributed by atoms with Crippen molar-refractivity contribution in [2.75, 3.05) is 0 Å². The Bertz CT molecular complexity index is 1100. The van der Waals surface area contributed by atoms with Crippen LogP contribution in [-0.4, -0.2) is 53.1 Å². The zero-order chi connectivity index (χ0) is 30.6. The van der Waals surface area contributed by atoms with Gasteiger partial charge in [-0.15, -0.1) is 0 Å². The number of alkyl carbamates (subject to hydrolysis) is 2. The van der Waals surface area contributed by atoms with Gasteiger partial charge >= 0.3 is 35.9 Å². The number of aliphatic carboxylic acids is 1. The maximum Gasteiger partial charge on any atom is 0.408 e. The quantitative estimate of drug-likeness (QED) is 0.183. The highest BCUT2D eigenvalue weighted by atomic mass is 16.7. The van der Waals surface area contributed by atoms with E-state index in [0.717, 1.165) is 6.92 Å². The first kappa shape index (κ1) is 32.6. The number of esters is 2. The van der Waals surface area contributed by atoms with E-state index in [9.17, 15) is 29.1 Å². The van der Waals surface area contributed by atoms with Crippen molar-refractivity contribution in [1.29, 1.82) is 0 Å². The molecule has 12 heteroatoms. The van der Waals surface area contributed by atoms with Gasteiger partial charge in [-0.25, -0.2) is 24.0 Å². The second-order valence-electron chi connectivity index (χ2n) is 9.95. The number of nitrogens with one attached hydrogen (secondary N) is 2. The van der Waals surface area contributed by atoms with E-state index in [1.54, 1.807) is 88.4 Å². The van der Waals surface area contributed by atoms with Gasteiger partial charge in [-0.2, -0.15) is 0 Å². The summed E-state index contributed by atoms with van der Waals surface area (Å²) in [6, 6.07) is 15.0.